The van der Waals surface area contributed by atoms with Crippen LogP contribution in [0.5, 0.6) is 5.75 Å². The second-order valence-corrected chi connectivity index (χ2v) is 7.53. The van der Waals surface area contributed by atoms with Crippen molar-refractivity contribution in [1.29, 1.82) is 0 Å². The number of carboxylic acids is 1. The molecule has 5 nitrogen and oxygen atoms in total. The summed E-state index contributed by atoms with van der Waals surface area (Å²) in [4.78, 5) is 24.2. The largest absolute Gasteiger partial charge is 0.487 e. The molecule has 0 atom stereocenters. The van der Waals surface area contributed by atoms with Gasteiger partial charge >= 0.3 is 12.1 Å². The van der Waals surface area contributed by atoms with E-state index in [-0.39, 0.29) is 17.9 Å². The summed E-state index contributed by atoms with van der Waals surface area (Å²) in [6.45, 7) is 2.64. The fourth-order valence-electron chi connectivity index (χ4n) is 2.93. The van der Waals surface area contributed by atoms with Gasteiger partial charge in [0.05, 0.1) is 11.1 Å². The van der Waals surface area contributed by atoms with E-state index >= 15 is 0 Å². The van der Waals surface area contributed by atoms with Crippen LogP contribution in [0.4, 0.5) is 13.2 Å². The van der Waals surface area contributed by atoms with Crippen molar-refractivity contribution in [2.24, 2.45) is 0 Å². The molecule has 0 bridgehead atoms. The molecule has 0 spiro atoms. The van der Waals surface area contributed by atoms with E-state index in [1.54, 1.807) is 18.2 Å². The van der Waals surface area contributed by atoms with Gasteiger partial charge < -0.3 is 15.2 Å². The highest BCUT2D eigenvalue weighted by Gasteiger charge is 2.31. The number of ether oxygens (including phenoxy) is 1. The minimum absolute atomic E-state index is 0.0747. The molecule has 31 heavy (non-hydrogen) atoms. The number of amides is 1. The van der Waals surface area contributed by atoms with Crippen LogP contribution >= 0.6 is 0 Å². The highest BCUT2D eigenvalue weighted by Crippen LogP contribution is 2.32. The normalized spacial score (nSPS) is 11.9. The predicted molar refractivity (Wildman–Crippen MR) is 109 cm³/mol. The second kappa shape index (κ2) is 8.29. The van der Waals surface area contributed by atoms with Crippen LogP contribution in [0.3, 0.4) is 0 Å². The van der Waals surface area contributed by atoms with Crippen LogP contribution in [0, 0.1) is 0 Å². The summed E-state index contributed by atoms with van der Waals surface area (Å²) in [5.74, 6) is -1.62. The van der Waals surface area contributed by atoms with Gasteiger partial charge in [-0.2, -0.15) is 13.2 Å². The van der Waals surface area contributed by atoms with Crippen molar-refractivity contribution in [3.05, 3.63) is 77.4 Å². The number of carbonyl (C=O) groups is 2. The predicted octanol–water partition coefficient (Wildman–Crippen LogP) is 5.03. The quantitative estimate of drug-likeness (QED) is 0.574. The molecule has 0 aliphatic heterocycles. The number of hydrogen-bond donors (Lipinski definition) is 2. The molecular formula is C23H20F3NO4. The molecule has 0 saturated heterocycles. The van der Waals surface area contributed by atoms with Gasteiger partial charge in [0.15, 0.2) is 0 Å². The maximum Gasteiger partial charge on any atom is 0.416 e. The number of rotatable bonds is 6. The van der Waals surface area contributed by atoms with Gasteiger partial charge in [-0.1, -0.05) is 42.5 Å². The molecule has 0 saturated carbocycles. The van der Waals surface area contributed by atoms with Crippen LogP contribution in [0.1, 0.15) is 35.3 Å². The molecule has 3 rings (SSSR count). The third-order valence-electron chi connectivity index (χ3n) is 4.75. The van der Waals surface area contributed by atoms with Gasteiger partial charge in [0.25, 0.3) is 5.91 Å². The lowest BCUT2D eigenvalue weighted by Crippen LogP contribution is -2.49. The summed E-state index contributed by atoms with van der Waals surface area (Å²) < 4.78 is 44.2. The number of aliphatic carboxylic acids is 1. The van der Waals surface area contributed by atoms with Gasteiger partial charge in [-0.15, -0.1) is 0 Å². The molecule has 1 amide bonds. The van der Waals surface area contributed by atoms with E-state index in [1.165, 1.54) is 32.0 Å². The molecule has 0 aromatic heterocycles. The monoisotopic (exact) mass is 431 g/mol. The molecule has 0 heterocycles. The molecule has 0 aliphatic carbocycles. The Kier molecular flexibility index (Phi) is 5.92. The lowest BCUT2D eigenvalue weighted by molar-refractivity contribution is -0.143. The van der Waals surface area contributed by atoms with Crippen LogP contribution < -0.4 is 10.1 Å². The average Bonchev–Trinajstić information content (AvgIpc) is 2.71. The van der Waals surface area contributed by atoms with Crippen molar-refractivity contribution in [3.8, 4) is 5.75 Å². The van der Waals surface area contributed by atoms with Gasteiger partial charge in [0.2, 0.25) is 0 Å². The lowest BCUT2D eigenvalue weighted by atomic mass is 10.0. The Labute approximate surface area is 176 Å². The maximum absolute atomic E-state index is 12.8. The van der Waals surface area contributed by atoms with Crippen LogP contribution in [-0.4, -0.2) is 22.5 Å². The Bertz CT molecular complexity index is 1120. The topological polar surface area (TPSA) is 75.6 Å². The Balaban J connectivity index is 1.93. The molecule has 0 radical (unpaired) electrons. The molecule has 0 aliphatic rings. The number of hydrogen-bond acceptors (Lipinski definition) is 3. The standard InChI is InChI=1S/C23H20F3NO4/c1-22(2,21(29)30)27-20(28)18-12-9-15-5-3-4-6-17(15)19(18)31-13-14-7-10-16(11-8-14)23(24,25)26/h3-12H,13H2,1-2H3,(H,27,28)(H,29,30). The highest BCUT2D eigenvalue weighted by molar-refractivity contribution is 6.05. The van der Waals surface area contributed by atoms with Crippen molar-refractivity contribution in [2.75, 3.05) is 0 Å². The summed E-state index contributed by atoms with van der Waals surface area (Å²) in [6, 6.07) is 14.9. The van der Waals surface area contributed by atoms with Gasteiger partial charge in [-0.05, 0) is 43.0 Å². The van der Waals surface area contributed by atoms with E-state index in [0.29, 0.717) is 10.9 Å². The van der Waals surface area contributed by atoms with Gasteiger partial charge in [0.1, 0.15) is 17.9 Å². The Morgan fingerprint density at radius 2 is 1.61 bits per heavy atom. The molecule has 3 aromatic rings. The van der Waals surface area contributed by atoms with Crippen LogP contribution in [-0.2, 0) is 17.6 Å². The molecule has 0 fully saturated rings. The number of alkyl halides is 3. The zero-order chi connectivity index (χ0) is 22.8. The number of halogens is 3. The summed E-state index contributed by atoms with van der Waals surface area (Å²) >= 11 is 0. The molecule has 0 unspecified atom stereocenters. The first-order chi connectivity index (χ1) is 14.5. The molecule has 8 heteroatoms. The Hall–Kier alpha value is -3.55. The Morgan fingerprint density at radius 1 is 0.968 bits per heavy atom. The van der Waals surface area contributed by atoms with Crippen molar-refractivity contribution < 1.29 is 32.6 Å². The van der Waals surface area contributed by atoms with Crippen molar-refractivity contribution in [1.82, 2.24) is 5.32 Å². The lowest BCUT2D eigenvalue weighted by Gasteiger charge is -2.22. The summed E-state index contributed by atoms with van der Waals surface area (Å²) in [7, 11) is 0. The number of carbonyl (C=O) groups excluding carboxylic acids is 1. The van der Waals surface area contributed by atoms with E-state index in [1.807, 2.05) is 12.1 Å². The summed E-state index contributed by atoms with van der Waals surface area (Å²) in [5.41, 5.74) is -1.66. The Morgan fingerprint density at radius 3 is 2.23 bits per heavy atom. The molecule has 3 aromatic carbocycles. The van der Waals surface area contributed by atoms with Crippen molar-refractivity contribution in [2.45, 2.75) is 32.2 Å². The fraction of sp³-hybridized carbons (Fsp3) is 0.217. The molecule has 162 valence electrons. The van der Waals surface area contributed by atoms with E-state index in [0.717, 1.165) is 17.5 Å². The van der Waals surface area contributed by atoms with Crippen LogP contribution in [0.15, 0.2) is 60.7 Å². The minimum Gasteiger partial charge on any atom is -0.487 e. The first-order valence-corrected chi connectivity index (χ1v) is 9.35. The third-order valence-corrected chi connectivity index (χ3v) is 4.75. The summed E-state index contributed by atoms with van der Waals surface area (Å²) in [6.07, 6.45) is -4.43. The first kappa shape index (κ1) is 22.1. The zero-order valence-electron chi connectivity index (χ0n) is 16.8. The van der Waals surface area contributed by atoms with Crippen LogP contribution in [0.2, 0.25) is 0 Å². The number of fused-ring (bicyclic) bond motifs is 1. The van der Waals surface area contributed by atoms with E-state index < -0.39 is 29.2 Å². The smallest absolute Gasteiger partial charge is 0.416 e. The minimum atomic E-state index is -4.43. The highest BCUT2D eigenvalue weighted by atomic mass is 19.4. The van der Waals surface area contributed by atoms with Crippen LogP contribution in [0.25, 0.3) is 10.8 Å². The van der Waals surface area contributed by atoms with E-state index in [9.17, 15) is 27.9 Å². The van der Waals surface area contributed by atoms with Crippen molar-refractivity contribution >= 4 is 22.6 Å². The van der Waals surface area contributed by atoms with Gasteiger partial charge in [0, 0.05) is 5.39 Å². The molecular weight excluding hydrogens is 411 g/mol. The number of nitrogens with one attached hydrogen (secondary N) is 1. The SMILES string of the molecule is CC(C)(NC(=O)c1ccc2ccccc2c1OCc1ccc(C(F)(F)F)cc1)C(=O)O. The first-order valence-electron chi connectivity index (χ1n) is 9.35. The van der Waals surface area contributed by atoms with Crippen molar-refractivity contribution in [3.63, 3.8) is 0 Å². The third kappa shape index (κ3) is 4.96. The average molecular weight is 431 g/mol. The zero-order valence-corrected chi connectivity index (χ0v) is 16.8. The van der Waals surface area contributed by atoms with E-state index in [4.69, 9.17) is 4.74 Å². The number of benzene rings is 3. The number of carboxylic acid groups (broad SMARTS) is 1. The summed E-state index contributed by atoms with van der Waals surface area (Å²) in [5, 5.41) is 13.2. The molecule has 2 N–H and O–H groups in total. The van der Waals surface area contributed by atoms with E-state index in [2.05, 4.69) is 5.32 Å². The van der Waals surface area contributed by atoms with Gasteiger partial charge in [-0.25, -0.2) is 4.79 Å². The maximum atomic E-state index is 12.8. The fourth-order valence-corrected chi connectivity index (χ4v) is 2.93. The van der Waals surface area contributed by atoms with Gasteiger partial charge in [-0.3, -0.25) is 4.79 Å². The second-order valence-electron chi connectivity index (χ2n) is 7.53.